The van der Waals surface area contributed by atoms with Gasteiger partial charge < -0.3 is 10.1 Å². The predicted molar refractivity (Wildman–Crippen MR) is 82.2 cm³/mol. The molecule has 0 radical (unpaired) electrons. The van der Waals surface area contributed by atoms with Crippen molar-refractivity contribution in [2.45, 2.75) is 40.3 Å². The second-order valence-corrected chi connectivity index (χ2v) is 6.48. The summed E-state index contributed by atoms with van der Waals surface area (Å²) < 4.78 is 18.3. The van der Waals surface area contributed by atoms with E-state index >= 15 is 0 Å². The lowest BCUT2D eigenvalue weighted by atomic mass is 9.81. The molecule has 0 aromatic heterocycles. The van der Waals surface area contributed by atoms with Crippen LogP contribution in [0.15, 0.2) is 24.3 Å². The van der Waals surface area contributed by atoms with Crippen molar-refractivity contribution in [3.63, 3.8) is 0 Å². The second-order valence-electron chi connectivity index (χ2n) is 6.48. The highest BCUT2D eigenvalue weighted by Gasteiger charge is 2.31. The van der Waals surface area contributed by atoms with E-state index in [1.807, 2.05) is 33.8 Å². The Bertz CT molecular complexity index is 529. The van der Waals surface area contributed by atoms with E-state index in [-0.39, 0.29) is 17.8 Å². The summed E-state index contributed by atoms with van der Waals surface area (Å²) in [7, 11) is 0. The maximum atomic E-state index is 12.8. The minimum absolute atomic E-state index is 0.203. The van der Waals surface area contributed by atoms with E-state index in [1.54, 1.807) is 12.1 Å². The summed E-state index contributed by atoms with van der Waals surface area (Å²) in [5.74, 6) is -1.27. The largest absolute Gasteiger partial charge is 0.375 e. The summed E-state index contributed by atoms with van der Waals surface area (Å²) in [5, 5.41) is 11.9. The van der Waals surface area contributed by atoms with E-state index in [2.05, 4.69) is 5.32 Å². The maximum absolute atomic E-state index is 12.8. The van der Waals surface area contributed by atoms with Crippen LogP contribution in [0.1, 0.15) is 33.3 Å². The molecule has 2 atom stereocenters. The van der Waals surface area contributed by atoms with Crippen LogP contribution in [0.3, 0.4) is 0 Å². The van der Waals surface area contributed by atoms with Gasteiger partial charge in [0.25, 0.3) is 0 Å². The monoisotopic (exact) mass is 306 g/mol. The highest BCUT2D eigenvalue weighted by Crippen LogP contribution is 2.25. The lowest BCUT2D eigenvalue weighted by molar-refractivity contribution is -0.127. The molecule has 0 bridgehead atoms. The van der Waals surface area contributed by atoms with E-state index in [4.69, 9.17) is 10.00 Å². The number of ether oxygens (including phenoxy) is 1. The Hall–Kier alpha value is -1.93. The molecular formula is C17H23FN2O2. The van der Waals surface area contributed by atoms with Crippen LogP contribution in [0.4, 0.5) is 4.39 Å². The number of carbonyl (C=O) groups excluding carboxylic acids is 1. The number of nitrogens with zero attached hydrogens (tertiary/aromatic N) is 1. The molecule has 1 N–H and O–H groups in total. The smallest absolute Gasteiger partial charge is 0.238 e. The molecule has 0 aliphatic rings. The number of hydrogen-bond acceptors (Lipinski definition) is 3. The van der Waals surface area contributed by atoms with Crippen molar-refractivity contribution in [3.8, 4) is 6.07 Å². The number of amides is 1. The Balaban J connectivity index is 2.40. The summed E-state index contributed by atoms with van der Waals surface area (Å²) in [6.45, 7) is 8.06. The van der Waals surface area contributed by atoms with Gasteiger partial charge in [0, 0.05) is 6.04 Å². The van der Waals surface area contributed by atoms with Gasteiger partial charge in [0.2, 0.25) is 5.91 Å². The molecule has 0 fully saturated rings. The molecule has 4 nitrogen and oxygen atoms in total. The van der Waals surface area contributed by atoms with Crippen LogP contribution in [0.25, 0.3) is 0 Å². The number of nitriles is 1. The topological polar surface area (TPSA) is 62.1 Å². The standard InChI is InChI=1S/C17H23FN2O2/c1-12(20-16(21)15(9-19)17(2,3)4)10-22-11-13-5-7-14(18)8-6-13/h5-8,12,15H,10-11H2,1-4H3,(H,20,21)/t12-,15+/m1/s1. The van der Waals surface area contributed by atoms with Crippen LogP contribution >= 0.6 is 0 Å². The highest BCUT2D eigenvalue weighted by atomic mass is 19.1. The third-order valence-electron chi connectivity index (χ3n) is 3.20. The van der Waals surface area contributed by atoms with Crippen molar-refractivity contribution in [1.82, 2.24) is 5.32 Å². The summed E-state index contributed by atoms with van der Waals surface area (Å²) in [6, 6.07) is 7.92. The first-order valence-corrected chi connectivity index (χ1v) is 7.26. The van der Waals surface area contributed by atoms with Crippen molar-refractivity contribution < 1.29 is 13.9 Å². The minimum Gasteiger partial charge on any atom is -0.375 e. The van der Waals surface area contributed by atoms with Gasteiger partial charge in [-0.3, -0.25) is 4.79 Å². The van der Waals surface area contributed by atoms with Gasteiger partial charge in [-0.1, -0.05) is 32.9 Å². The SMILES string of the molecule is C[C@H](COCc1ccc(F)cc1)NC(=O)[C@H](C#N)C(C)(C)C. The molecule has 0 aliphatic carbocycles. The molecular weight excluding hydrogens is 283 g/mol. The van der Waals surface area contributed by atoms with E-state index in [9.17, 15) is 9.18 Å². The number of benzene rings is 1. The van der Waals surface area contributed by atoms with Crippen molar-refractivity contribution in [3.05, 3.63) is 35.6 Å². The van der Waals surface area contributed by atoms with E-state index in [1.165, 1.54) is 12.1 Å². The van der Waals surface area contributed by atoms with Crippen molar-refractivity contribution in [2.75, 3.05) is 6.61 Å². The summed E-state index contributed by atoms with van der Waals surface area (Å²) in [6.07, 6.45) is 0. The van der Waals surface area contributed by atoms with E-state index < -0.39 is 11.3 Å². The van der Waals surface area contributed by atoms with Crippen LogP contribution in [0.2, 0.25) is 0 Å². The van der Waals surface area contributed by atoms with Crippen molar-refractivity contribution in [2.24, 2.45) is 11.3 Å². The summed E-state index contributed by atoms with van der Waals surface area (Å²) in [4.78, 5) is 12.1. The first-order chi connectivity index (χ1) is 10.2. The highest BCUT2D eigenvalue weighted by molar-refractivity contribution is 5.82. The van der Waals surface area contributed by atoms with Gasteiger partial charge in [-0.2, -0.15) is 5.26 Å². The van der Waals surface area contributed by atoms with Gasteiger partial charge >= 0.3 is 0 Å². The zero-order valence-electron chi connectivity index (χ0n) is 13.5. The number of halogens is 1. The summed E-state index contributed by atoms with van der Waals surface area (Å²) >= 11 is 0. The van der Waals surface area contributed by atoms with E-state index in [0.717, 1.165) is 5.56 Å². The third-order valence-corrected chi connectivity index (χ3v) is 3.20. The van der Waals surface area contributed by atoms with Crippen molar-refractivity contribution >= 4 is 5.91 Å². The van der Waals surface area contributed by atoms with Gasteiger partial charge in [-0.25, -0.2) is 4.39 Å². The average Bonchev–Trinajstić information content (AvgIpc) is 2.40. The van der Waals surface area contributed by atoms with Gasteiger partial charge in [0.1, 0.15) is 11.7 Å². The molecule has 0 unspecified atom stereocenters. The van der Waals surface area contributed by atoms with Crippen LogP contribution in [-0.4, -0.2) is 18.6 Å². The molecule has 0 saturated carbocycles. The quantitative estimate of drug-likeness (QED) is 0.878. The molecule has 1 aromatic carbocycles. The lowest BCUT2D eigenvalue weighted by Gasteiger charge is -2.25. The van der Waals surface area contributed by atoms with Gasteiger partial charge in [0.05, 0.1) is 19.3 Å². The molecule has 1 aromatic rings. The molecule has 0 spiro atoms. The Morgan fingerprint density at radius 2 is 1.95 bits per heavy atom. The number of nitrogens with one attached hydrogen (secondary N) is 1. The third kappa shape index (κ3) is 5.82. The zero-order valence-corrected chi connectivity index (χ0v) is 13.5. The van der Waals surface area contributed by atoms with Crippen LogP contribution in [0, 0.1) is 28.5 Å². The predicted octanol–water partition coefficient (Wildman–Crippen LogP) is 3.03. The van der Waals surface area contributed by atoms with Crippen LogP contribution < -0.4 is 5.32 Å². The molecule has 1 rings (SSSR count). The van der Waals surface area contributed by atoms with Crippen LogP contribution in [-0.2, 0) is 16.1 Å². The molecule has 0 aliphatic heterocycles. The molecule has 0 saturated heterocycles. The summed E-state index contributed by atoms with van der Waals surface area (Å²) in [5.41, 5.74) is 0.456. The second kappa shape index (κ2) is 7.90. The number of carbonyl (C=O) groups is 1. The van der Waals surface area contributed by atoms with Gasteiger partial charge in [-0.15, -0.1) is 0 Å². The maximum Gasteiger partial charge on any atom is 0.238 e. The fourth-order valence-electron chi connectivity index (χ4n) is 1.95. The number of hydrogen-bond donors (Lipinski definition) is 1. The molecule has 1 amide bonds. The van der Waals surface area contributed by atoms with Gasteiger partial charge in [-0.05, 0) is 30.0 Å². The normalized spacial score (nSPS) is 14.0. The average molecular weight is 306 g/mol. The lowest BCUT2D eigenvalue weighted by Crippen LogP contribution is -2.43. The molecule has 22 heavy (non-hydrogen) atoms. The number of rotatable bonds is 6. The Morgan fingerprint density at radius 1 is 1.36 bits per heavy atom. The Labute approximate surface area is 131 Å². The van der Waals surface area contributed by atoms with Gasteiger partial charge in [0.15, 0.2) is 0 Å². The van der Waals surface area contributed by atoms with E-state index in [0.29, 0.717) is 13.2 Å². The Morgan fingerprint density at radius 3 is 2.45 bits per heavy atom. The first kappa shape index (κ1) is 18.1. The molecule has 5 heteroatoms. The fourth-order valence-corrected chi connectivity index (χ4v) is 1.95. The van der Waals surface area contributed by atoms with Crippen molar-refractivity contribution in [1.29, 1.82) is 5.26 Å². The zero-order chi connectivity index (χ0) is 16.8. The molecule has 120 valence electrons. The fraction of sp³-hybridized carbons (Fsp3) is 0.529. The van der Waals surface area contributed by atoms with Crippen LogP contribution in [0.5, 0.6) is 0 Å². The first-order valence-electron chi connectivity index (χ1n) is 7.26. The minimum atomic E-state index is -0.702. The Kier molecular flexibility index (Phi) is 6.51. The molecule has 0 heterocycles.